The molecule has 0 saturated carbocycles. The topological polar surface area (TPSA) is 140 Å². The Labute approximate surface area is 179 Å². The normalized spacial score (nSPS) is 15.6. The molecular formula is C22H27N3O6. The lowest BCUT2D eigenvalue weighted by molar-refractivity contribution is -0.135. The van der Waals surface area contributed by atoms with Crippen LogP contribution in [0.15, 0.2) is 30.3 Å². The lowest BCUT2D eigenvalue weighted by atomic mass is 9.90. The summed E-state index contributed by atoms with van der Waals surface area (Å²) in [6.45, 7) is 0.598. The fourth-order valence-corrected chi connectivity index (χ4v) is 4.15. The largest absolute Gasteiger partial charge is 0.477 e. The summed E-state index contributed by atoms with van der Waals surface area (Å²) in [5.74, 6) is -2.40. The minimum atomic E-state index is -1.19. The van der Waals surface area contributed by atoms with Gasteiger partial charge in [0.05, 0.1) is 12.3 Å². The molecule has 0 bridgehead atoms. The third-order valence-corrected chi connectivity index (χ3v) is 5.87. The number of carbonyl (C=O) groups is 3. The van der Waals surface area contributed by atoms with E-state index < -0.39 is 24.4 Å². The van der Waals surface area contributed by atoms with Crippen molar-refractivity contribution in [3.63, 3.8) is 0 Å². The van der Waals surface area contributed by atoms with E-state index in [2.05, 4.69) is 4.98 Å². The highest BCUT2D eigenvalue weighted by molar-refractivity contribution is 5.96. The molecule has 1 aliphatic heterocycles. The van der Waals surface area contributed by atoms with Crippen molar-refractivity contribution < 1.29 is 29.8 Å². The van der Waals surface area contributed by atoms with Crippen molar-refractivity contribution in [3.05, 3.63) is 41.7 Å². The van der Waals surface area contributed by atoms with Crippen LogP contribution in [0, 0.1) is 5.92 Å². The second-order valence-electron chi connectivity index (χ2n) is 7.85. The zero-order valence-corrected chi connectivity index (χ0v) is 17.2. The van der Waals surface area contributed by atoms with E-state index in [1.165, 1.54) is 6.07 Å². The summed E-state index contributed by atoms with van der Waals surface area (Å²) in [5, 5.41) is 29.3. The van der Waals surface area contributed by atoms with Gasteiger partial charge in [-0.15, -0.1) is 0 Å². The maximum atomic E-state index is 13.2. The number of fused-ring (bicyclic) bond motifs is 1. The van der Waals surface area contributed by atoms with Crippen LogP contribution >= 0.6 is 0 Å². The third kappa shape index (κ3) is 5.36. The number of rotatable bonds is 8. The Balaban J connectivity index is 1.72. The lowest BCUT2D eigenvalue weighted by Crippen LogP contribution is -2.42. The molecular weight excluding hydrogens is 402 g/mol. The number of aliphatic hydroxyl groups is 1. The maximum absolute atomic E-state index is 13.2. The number of likely N-dealkylation sites (tertiary alicyclic amines) is 1. The Hall–Kier alpha value is -3.04. The molecule has 9 heteroatoms. The van der Waals surface area contributed by atoms with Crippen LogP contribution in [0.1, 0.15) is 54.2 Å². The Morgan fingerprint density at radius 2 is 1.90 bits per heavy atom. The monoisotopic (exact) mass is 429 g/mol. The fourth-order valence-electron chi connectivity index (χ4n) is 4.15. The number of nitrogens with zero attached hydrogens (tertiary/aromatic N) is 2. The summed E-state index contributed by atoms with van der Waals surface area (Å²) < 4.78 is 0. The smallest absolute Gasteiger partial charge is 0.354 e. The first-order valence-corrected chi connectivity index (χ1v) is 10.4. The van der Waals surface area contributed by atoms with E-state index in [4.69, 9.17) is 5.21 Å². The molecule has 0 aliphatic carbocycles. The average Bonchev–Trinajstić information content (AvgIpc) is 2.79. The van der Waals surface area contributed by atoms with Crippen LogP contribution < -0.4 is 5.48 Å². The number of nitrogens with one attached hydrogen (secondary N) is 1. The van der Waals surface area contributed by atoms with Crippen LogP contribution in [0.4, 0.5) is 0 Å². The first-order valence-electron chi connectivity index (χ1n) is 10.4. The number of piperidine rings is 1. The van der Waals surface area contributed by atoms with E-state index >= 15 is 0 Å². The van der Waals surface area contributed by atoms with Crippen molar-refractivity contribution in [3.8, 4) is 0 Å². The van der Waals surface area contributed by atoms with Crippen molar-refractivity contribution >= 4 is 28.6 Å². The van der Waals surface area contributed by atoms with Gasteiger partial charge in [0.2, 0.25) is 11.8 Å². The molecule has 9 nitrogen and oxygen atoms in total. The highest BCUT2D eigenvalue weighted by atomic mass is 16.5. The highest BCUT2D eigenvalue weighted by Gasteiger charge is 2.31. The Bertz CT molecular complexity index is 955. The molecule has 0 radical (unpaired) electrons. The van der Waals surface area contributed by atoms with E-state index in [9.17, 15) is 24.6 Å². The standard InChI is InChI=1S/C22H27N3O6/c26-13-17(20-16-6-2-1-5-15(16)12-18(23-20)22(29)30)21(28)25-10-8-14(9-11-25)4-3-7-19(27)24-31/h1-2,5-6,12,14,17,26,31H,3-4,7-11,13H2,(H,24,27)(H,29,30)/t17-/m1/s1. The number of benzene rings is 1. The summed E-state index contributed by atoms with van der Waals surface area (Å²) >= 11 is 0. The minimum Gasteiger partial charge on any atom is -0.477 e. The van der Waals surface area contributed by atoms with Gasteiger partial charge in [0.1, 0.15) is 11.6 Å². The van der Waals surface area contributed by atoms with E-state index in [-0.39, 0.29) is 23.7 Å². The first kappa shape index (κ1) is 22.6. The van der Waals surface area contributed by atoms with Crippen LogP contribution in [-0.4, -0.2) is 62.8 Å². The van der Waals surface area contributed by atoms with Crippen molar-refractivity contribution in [2.24, 2.45) is 5.92 Å². The fraction of sp³-hybridized carbons (Fsp3) is 0.455. The lowest BCUT2D eigenvalue weighted by Gasteiger charge is -2.34. The van der Waals surface area contributed by atoms with Gasteiger partial charge >= 0.3 is 5.97 Å². The average molecular weight is 429 g/mol. The van der Waals surface area contributed by atoms with E-state index in [1.54, 1.807) is 34.6 Å². The van der Waals surface area contributed by atoms with Crippen LogP contribution in [0.3, 0.4) is 0 Å². The maximum Gasteiger partial charge on any atom is 0.354 e. The molecule has 1 aromatic heterocycles. The quantitative estimate of drug-likeness (QED) is 0.371. The molecule has 1 atom stereocenters. The Kier molecular flexibility index (Phi) is 7.54. The first-order chi connectivity index (χ1) is 14.9. The second-order valence-corrected chi connectivity index (χ2v) is 7.85. The molecule has 4 N–H and O–H groups in total. The molecule has 1 fully saturated rings. The summed E-state index contributed by atoms with van der Waals surface area (Å²) in [6.07, 6.45) is 3.34. The number of aromatic carboxylic acids is 1. The number of aromatic nitrogens is 1. The van der Waals surface area contributed by atoms with Crippen LogP contribution in [0.5, 0.6) is 0 Å². The van der Waals surface area contributed by atoms with Gasteiger partial charge in [-0.2, -0.15) is 0 Å². The van der Waals surface area contributed by atoms with Crippen molar-refractivity contribution in [2.45, 2.75) is 38.0 Å². The number of carboxylic acid groups (broad SMARTS) is 1. The zero-order valence-electron chi connectivity index (χ0n) is 17.2. The molecule has 1 saturated heterocycles. The van der Waals surface area contributed by atoms with Gasteiger partial charge in [0.25, 0.3) is 0 Å². The van der Waals surface area contributed by atoms with Crippen LogP contribution in [-0.2, 0) is 9.59 Å². The molecule has 1 aliphatic rings. The Morgan fingerprint density at radius 3 is 2.55 bits per heavy atom. The molecule has 2 aromatic rings. The van der Waals surface area contributed by atoms with Crippen molar-refractivity contribution in [1.82, 2.24) is 15.4 Å². The number of hydroxylamine groups is 1. The predicted molar refractivity (Wildman–Crippen MR) is 112 cm³/mol. The summed E-state index contributed by atoms with van der Waals surface area (Å²) in [7, 11) is 0. The number of carbonyl (C=O) groups excluding carboxylic acids is 2. The summed E-state index contributed by atoms with van der Waals surface area (Å²) in [5.41, 5.74) is 1.74. The molecule has 3 rings (SSSR count). The molecule has 2 amide bonds. The van der Waals surface area contributed by atoms with E-state index in [0.717, 1.165) is 19.3 Å². The number of pyridine rings is 1. The van der Waals surface area contributed by atoms with Gasteiger partial charge < -0.3 is 15.1 Å². The number of hydrogen-bond donors (Lipinski definition) is 4. The Morgan fingerprint density at radius 1 is 1.19 bits per heavy atom. The van der Waals surface area contributed by atoms with Crippen molar-refractivity contribution in [2.75, 3.05) is 19.7 Å². The molecule has 2 heterocycles. The number of aliphatic hydroxyl groups excluding tert-OH is 1. The molecule has 31 heavy (non-hydrogen) atoms. The third-order valence-electron chi connectivity index (χ3n) is 5.87. The van der Waals surface area contributed by atoms with Gasteiger partial charge in [-0.05, 0) is 43.1 Å². The molecule has 1 aromatic carbocycles. The van der Waals surface area contributed by atoms with Crippen LogP contribution in [0.25, 0.3) is 10.8 Å². The van der Waals surface area contributed by atoms with Crippen molar-refractivity contribution in [1.29, 1.82) is 0 Å². The summed E-state index contributed by atoms with van der Waals surface area (Å²) in [6, 6.07) is 8.56. The molecule has 0 unspecified atom stereocenters. The summed E-state index contributed by atoms with van der Waals surface area (Å²) in [4.78, 5) is 41.7. The predicted octanol–water partition coefficient (Wildman–Crippen LogP) is 1.92. The SMILES string of the molecule is O=C(CCCC1CCN(C(=O)[C@H](CO)c2nc(C(=O)O)cc3ccccc23)CC1)NO. The number of carboxylic acids is 1. The van der Waals surface area contributed by atoms with Gasteiger partial charge in [0, 0.05) is 24.9 Å². The number of hydrogen-bond acceptors (Lipinski definition) is 6. The van der Waals surface area contributed by atoms with Gasteiger partial charge in [-0.1, -0.05) is 24.3 Å². The van der Waals surface area contributed by atoms with Gasteiger partial charge in [-0.3, -0.25) is 14.8 Å². The zero-order chi connectivity index (χ0) is 22.4. The van der Waals surface area contributed by atoms with Gasteiger partial charge in [0.15, 0.2) is 0 Å². The van der Waals surface area contributed by atoms with Gasteiger partial charge in [-0.25, -0.2) is 15.3 Å². The highest BCUT2D eigenvalue weighted by Crippen LogP contribution is 2.29. The minimum absolute atomic E-state index is 0.162. The van der Waals surface area contributed by atoms with E-state index in [1.807, 2.05) is 0 Å². The molecule has 166 valence electrons. The molecule has 0 spiro atoms. The second kappa shape index (κ2) is 10.3. The number of amides is 2. The van der Waals surface area contributed by atoms with Crippen LogP contribution in [0.2, 0.25) is 0 Å². The van der Waals surface area contributed by atoms with E-state index in [0.29, 0.717) is 36.2 Å².